The molecule has 2 N–H and O–H groups in total. The minimum Gasteiger partial charge on any atom is -0.377 e. The fourth-order valence-corrected chi connectivity index (χ4v) is 5.44. The van der Waals surface area contributed by atoms with E-state index in [9.17, 15) is 8.42 Å². The molecular formula is C12H20N2O3S2. The van der Waals surface area contributed by atoms with Gasteiger partial charge in [0.2, 0.25) is 0 Å². The van der Waals surface area contributed by atoms with Gasteiger partial charge >= 0.3 is 0 Å². The van der Waals surface area contributed by atoms with Gasteiger partial charge in [0.05, 0.1) is 12.1 Å². The lowest BCUT2D eigenvalue weighted by atomic mass is 10.2. The molecule has 2 atom stereocenters. The third-order valence-corrected chi connectivity index (χ3v) is 7.21. The van der Waals surface area contributed by atoms with Crippen molar-refractivity contribution in [2.75, 3.05) is 13.7 Å². The predicted molar refractivity (Wildman–Crippen MR) is 75.7 cm³/mol. The van der Waals surface area contributed by atoms with E-state index in [1.54, 1.807) is 13.1 Å². The minimum absolute atomic E-state index is 0.0604. The van der Waals surface area contributed by atoms with E-state index in [4.69, 9.17) is 10.5 Å². The SMILES string of the molecule is Cc1cc(S(=O)(=O)N(C)C2CCOC2C)sc1CN. The van der Waals surface area contributed by atoms with E-state index in [1.807, 2.05) is 13.8 Å². The lowest BCUT2D eigenvalue weighted by Crippen LogP contribution is -2.40. The van der Waals surface area contributed by atoms with E-state index in [0.717, 1.165) is 16.9 Å². The molecule has 1 aromatic heterocycles. The quantitative estimate of drug-likeness (QED) is 0.910. The summed E-state index contributed by atoms with van der Waals surface area (Å²) in [4.78, 5) is 0.919. The number of likely N-dealkylation sites (N-methyl/N-ethyl adjacent to an activating group) is 1. The van der Waals surface area contributed by atoms with Crippen molar-refractivity contribution in [3.63, 3.8) is 0 Å². The van der Waals surface area contributed by atoms with Crippen LogP contribution in [0.3, 0.4) is 0 Å². The summed E-state index contributed by atoms with van der Waals surface area (Å²) in [5.41, 5.74) is 6.55. The molecular weight excluding hydrogens is 284 g/mol. The Morgan fingerprint density at radius 2 is 2.26 bits per heavy atom. The molecule has 5 nitrogen and oxygen atoms in total. The van der Waals surface area contributed by atoms with Crippen molar-refractivity contribution >= 4 is 21.4 Å². The van der Waals surface area contributed by atoms with Gasteiger partial charge in [0.25, 0.3) is 10.0 Å². The molecule has 0 aliphatic carbocycles. The van der Waals surface area contributed by atoms with Crippen LogP contribution in [-0.4, -0.2) is 38.5 Å². The number of hydrogen-bond acceptors (Lipinski definition) is 5. The Labute approximate surface area is 118 Å². The van der Waals surface area contributed by atoms with Gasteiger partial charge in [-0.3, -0.25) is 0 Å². The van der Waals surface area contributed by atoms with Crippen LogP contribution < -0.4 is 5.73 Å². The first-order valence-corrected chi connectivity index (χ1v) is 8.52. The molecule has 0 spiro atoms. The standard InChI is InChI=1S/C12H20N2O3S2/c1-8-6-12(18-11(8)7-13)19(15,16)14(3)10-4-5-17-9(10)2/h6,9-10H,4-5,7,13H2,1-3H3. The van der Waals surface area contributed by atoms with Gasteiger partial charge in [-0.2, -0.15) is 4.31 Å². The van der Waals surface area contributed by atoms with Crippen LogP contribution in [0.2, 0.25) is 0 Å². The maximum Gasteiger partial charge on any atom is 0.252 e. The number of nitrogens with zero attached hydrogens (tertiary/aromatic N) is 1. The van der Waals surface area contributed by atoms with Crippen molar-refractivity contribution in [1.82, 2.24) is 4.31 Å². The van der Waals surface area contributed by atoms with Gasteiger partial charge < -0.3 is 10.5 Å². The number of aryl methyl sites for hydroxylation is 1. The number of nitrogens with two attached hydrogens (primary N) is 1. The molecule has 2 rings (SSSR count). The van der Waals surface area contributed by atoms with Crippen LogP contribution in [0.5, 0.6) is 0 Å². The van der Waals surface area contributed by atoms with Gasteiger partial charge in [-0.1, -0.05) is 0 Å². The number of thiophene rings is 1. The number of rotatable bonds is 4. The highest BCUT2D eigenvalue weighted by Crippen LogP contribution is 2.30. The van der Waals surface area contributed by atoms with Crippen LogP contribution in [0, 0.1) is 6.92 Å². The smallest absolute Gasteiger partial charge is 0.252 e. The maximum atomic E-state index is 12.6. The monoisotopic (exact) mass is 304 g/mol. The van der Waals surface area contributed by atoms with E-state index in [2.05, 4.69) is 0 Å². The Morgan fingerprint density at radius 3 is 2.74 bits per heavy atom. The summed E-state index contributed by atoms with van der Waals surface area (Å²) >= 11 is 1.26. The molecule has 0 bridgehead atoms. The van der Waals surface area contributed by atoms with Crippen LogP contribution in [0.15, 0.2) is 10.3 Å². The zero-order chi connectivity index (χ0) is 14.2. The number of hydrogen-bond donors (Lipinski definition) is 1. The van der Waals surface area contributed by atoms with Crippen LogP contribution in [-0.2, 0) is 21.3 Å². The van der Waals surface area contributed by atoms with Crippen LogP contribution in [0.4, 0.5) is 0 Å². The Bertz CT molecular complexity index is 553. The summed E-state index contributed by atoms with van der Waals surface area (Å²) in [7, 11) is -1.82. The van der Waals surface area contributed by atoms with Crippen LogP contribution in [0.1, 0.15) is 23.8 Å². The fraction of sp³-hybridized carbons (Fsp3) is 0.667. The molecule has 7 heteroatoms. The summed E-state index contributed by atoms with van der Waals surface area (Å²) in [6.45, 7) is 4.79. The van der Waals surface area contributed by atoms with Crippen LogP contribution in [0.25, 0.3) is 0 Å². The summed E-state index contributed by atoms with van der Waals surface area (Å²) < 4.78 is 32.4. The summed E-state index contributed by atoms with van der Waals surface area (Å²) in [5, 5.41) is 0. The van der Waals surface area contributed by atoms with Crippen molar-refractivity contribution < 1.29 is 13.2 Å². The maximum absolute atomic E-state index is 12.6. The van der Waals surface area contributed by atoms with Gasteiger partial charge in [0.1, 0.15) is 4.21 Å². The largest absolute Gasteiger partial charge is 0.377 e. The minimum atomic E-state index is -3.45. The Kier molecular flexibility index (Phi) is 4.32. The first-order valence-electron chi connectivity index (χ1n) is 6.27. The highest BCUT2D eigenvalue weighted by Gasteiger charge is 2.36. The van der Waals surface area contributed by atoms with E-state index in [1.165, 1.54) is 15.6 Å². The Hall–Kier alpha value is -0.470. The summed E-state index contributed by atoms with van der Waals surface area (Å²) in [5.74, 6) is 0. The lowest BCUT2D eigenvalue weighted by Gasteiger charge is -2.25. The number of sulfonamides is 1. The van der Waals surface area contributed by atoms with E-state index in [-0.39, 0.29) is 12.1 Å². The zero-order valence-electron chi connectivity index (χ0n) is 11.4. The highest BCUT2D eigenvalue weighted by molar-refractivity contribution is 7.91. The molecule has 108 valence electrons. The molecule has 1 aromatic rings. The van der Waals surface area contributed by atoms with Gasteiger partial charge in [0.15, 0.2) is 0 Å². The molecule has 1 fully saturated rings. The third-order valence-electron chi connectivity index (χ3n) is 3.62. The van der Waals surface area contributed by atoms with Crippen molar-refractivity contribution in [3.8, 4) is 0 Å². The van der Waals surface area contributed by atoms with Crippen molar-refractivity contribution in [3.05, 3.63) is 16.5 Å². The molecule has 2 unspecified atom stereocenters. The molecule has 1 aliphatic rings. The molecule has 1 saturated heterocycles. The second-order valence-corrected chi connectivity index (χ2v) is 8.19. The molecule has 2 heterocycles. The van der Waals surface area contributed by atoms with E-state index < -0.39 is 10.0 Å². The normalized spacial score (nSPS) is 24.3. The van der Waals surface area contributed by atoms with E-state index in [0.29, 0.717) is 17.4 Å². The molecule has 0 amide bonds. The highest BCUT2D eigenvalue weighted by atomic mass is 32.2. The second-order valence-electron chi connectivity index (χ2n) is 4.83. The molecule has 19 heavy (non-hydrogen) atoms. The van der Waals surface area contributed by atoms with Gasteiger partial charge in [-0.05, 0) is 31.9 Å². The molecule has 0 aromatic carbocycles. The number of ether oxygens (including phenoxy) is 1. The van der Waals surface area contributed by atoms with Crippen LogP contribution >= 0.6 is 11.3 Å². The fourth-order valence-electron chi connectivity index (χ4n) is 2.34. The van der Waals surface area contributed by atoms with Gasteiger partial charge in [-0.25, -0.2) is 8.42 Å². The average Bonchev–Trinajstić information content (AvgIpc) is 2.94. The third kappa shape index (κ3) is 2.71. The Morgan fingerprint density at radius 1 is 1.58 bits per heavy atom. The van der Waals surface area contributed by atoms with Crippen molar-refractivity contribution in [2.24, 2.45) is 5.73 Å². The van der Waals surface area contributed by atoms with Crippen molar-refractivity contribution in [1.29, 1.82) is 0 Å². The van der Waals surface area contributed by atoms with Gasteiger partial charge in [0, 0.05) is 25.1 Å². The average molecular weight is 304 g/mol. The van der Waals surface area contributed by atoms with Crippen molar-refractivity contribution in [2.45, 2.75) is 43.2 Å². The molecule has 0 radical (unpaired) electrons. The first kappa shape index (κ1) is 14.9. The predicted octanol–water partition coefficient (Wildman–Crippen LogP) is 1.31. The zero-order valence-corrected chi connectivity index (χ0v) is 13.1. The topological polar surface area (TPSA) is 72.6 Å². The Balaban J connectivity index is 2.30. The second kappa shape index (κ2) is 5.49. The summed E-state index contributed by atoms with van der Waals surface area (Å²) in [6, 6.07) is 1.62. The first-order chi connectivity index (χ1) is 8.87. The lowest BCUT2D eigenvalue weighted by molar-refractivity contribution is 0.102. The molecule has 0 saturated carbocycles. The molecule has 1 aliphatic heterocycles. The van der Waals surface area contributed by atoms with E-state index >= 15 is 0 Å². The summed E-state index contributed by atoms with van der Waals surface area (Å²) in [6.07, 6.45) is 0.681. The van der Waals surface area contributed by atoms with Gasteiger partial charge in [-0.15, -0.1) is 11.3 Å².